The smallest absolute Gasteiger partial charge is 0.310 e. The van der Waals surface area contributed by atoms with E-state index in [-0.39, 0.29) is 22.3 Å². The van der Waals surface area contributed by atoms with E-state index < -0.39 is 21.8 Å². The van der Waals surface area contributed by atoms with Gasteiger partial charge in [-0.25, -0.2) is 4.98 Å². The van der Waals surface area contributed by atoms with Gasteiger partial charge in [-0.3, -0.25) is 4.79 Å². The van der Waals surface area contributed by atoms with Crippen molar-refractivity contribution in [3.8, 4) is 6.07 Å². The largest absolute Gasteiger partial charge is 0.417 e. The van der Waals surface area contributed by atoms with Crippen LogP contribution in [0.25, 0.3) is 10.9 Å². The predicted octanol–water partition coefficient (Wildman–Crippen LogP) is 2.88. The minimum atomic E-state index is -4.64. The molecular formula is C11H5BrF3N3O. The summed E-state index contributed by atoms with van der Waals surface area (Å²) in [4.78, 5) is 17.9. The summed E-state index contributed by atoms with van der Waals surface area (Å²) in [5.74, 6) is 0.178. The van der Waals surface area contributed by atoms with E-state index in [1.165, 1.54) is 6.92 Å². The van der Waals surface area contributed by atoms with E-state index >= 15 is 0 Å². The fraction of sp³-hybridized carbons (Fsp3) is 0.182. The van der Waals surface area contributed by atoms with Gasteiger partial charge in [-0.2, -0.15) is 18.4 Å². The second kappa shape index (κ2) is 4.35. The number of benzene rings is 1. The fourth-order valence-electron chi connectivity index (χ4n) is 1.71. The first-order chi connectivity index (χ1) is 8.75. The minimum Gasteiger partial charge on any atom is -0.310 e. The zero-order valence-electron chi connectivity index (χ0n) is 9.39. The number of H-pyrrole nitrogens is 1. The Balaban J connectivity index is 3.05. The van der Waals surface area contributed by atoms with Crippen LogP contribution in [0.4, 0.5) is 13.2 Å². The molecule has 0 aliphatic heterocycles. The molecule has 0 atom stereocenters. The molecule has 0 spiro atoms. The molecule has 2 aromatic rings. The van der Waals surface area contributed by atoms with Gasteiger partial charge in [-0.05, 0) is 28.9 Å². The number of aromatic nitrogens is 2. The highest BCUT2D eigenvalue weighted by molar-refractivity contribution is 9.10. The van der Waals surface area contributed by atoms with Crippen molar-refractivity contribution < 1.29 is 13.2 Å². The van der Waals surface area contributed by atoms with Crippen molar-refractivity contribution in [1.82, 2.24) is 9.97 Å². The Morgan fingerprint density at radius 1 is 1.47 bits per heavy atom. The van der Waals surface area contributed by atoms with E-state index in [2.05, 4.69) is 25.9 Å². The first-order valence-electron chi connectivity index (χ1n) is 4.96. The maximum Gasteiger partial charge on any atom is 0.417 e. The van der Waals surface area contributed by atoms with Gasteiger partial charge in [0, 0.05) is 4.47 Å². The minimum absolute atomic E-state index is 0.159. The Bertz CT molecular complexity index is 774. The van der Waals surface area contributed by atoms with Crippen molar-refractivity contribution in [2.75, 3.05) is 0 Å². The molecule has 1 heterocycles. The molecule has 19 heavy (non-hydrogen) atoms. The van der Waals surface area contributed by atoms with Crippen LogP contribution < -0.4 is 5.56 Å². The monoisotopic (exact) mass is 331 g/mol. The summed E-state index contributed by atoms with van der Waals surface area (Å²) in [6.45, 7) is 1.45. The highest BCUT2D eigenvalue weighted by Gasteiger charge is 2.35. The molecule has 0 unspecified atom stereocenters. The van der Waals surface area contributed by atoms with Gasteiger partial charge in [0.1, 0.15) is 11.9 Å². The summed E-state index contributed by atoms with van der Waals surface area (Å²) in [6.07, 6.45) is -4.64. The number of aromatic amines is 1. The van der Waals surface area contributed by atoms with Crippen LogP contribution in [0.5, 0.6) is 0 Å². The second-order valence-electron chi connectivity index (χ2n) is 3.77. The van der Waals surface area contributed by atoms with Crippen LogP contribution in [-0.4, -0.2) is 9.97 Å². The Morgan fingerprint density at radius 2 is 2.11 bits per heavy atom. The molecule has 0 aliphatic rings. The molecule has 0 saturated heterocycles. The number of hydrogen-bond acceptors (Lipinski definition) is 3. The van der Waals surface area contributed by atoms with Gasteiger partial charge in [-0.1, -0.05) is 0 Å². The van der Waals surface area contributed by atoms with E-state index in [4.69, 9.17) is 5.26 Å². The summed E-state index contributed by atoms with van der Waals surface area (Å²) in [5.41, 5.74) is -2.21. The Morgan fingerprint density at radius 3 is 2.63 bits per heavy atom. The van der Waals surface area contributed by atoms with Crippen molar-refractivity contribution in [2.24, 2.45) is 0 Å². The van der Waals surface area contributed by atoms with Gasteiger partial charge in [0.05, 0.1) is 22.0 Å². The lowest BCUT2D eigenvalue weighted by Crippen LogP contribution is -2.14. The van der Waals surface area contributed by atoms with Crippen LogP contribution >= 0.6 is 15.9 Å². The molecular weight excluding hydrogens is 327 g/mol. The summed E-state index contributed by atoms with van der Waals surface area (Å²) in [5, 5.41) is 8.81. The van der Waals surface area contributed by atoms with Crippen LogP contribution in [0, 0.1) is 18.3 Å². The average molecular weight is 332 g/mol. The molecule has 0 saturated carbocycles. The van der Waals surface area contributed by atoms with Crippen LogP contribution in [-0.2, 0) is 6.18 Å². The third kappa shape index (κ3) is 2.21. The number of rotatable bonds is 0. The molecule has 1 N–H and O–H groups in total. The Hall–Kier alpha value is -1.88. The number of alkyl halides is 3. The van der Waals surface area contributed by atoms with Crippen LogP contribution in [0.2, 0.25) is 0 Å². The van der Waals surface area contributed by atoms with Crippen molar-refractivity contribution in [2.45, 2.75) is 13.1 Å². The van der Waals surface area contributed by atoms with Gasteiger partial charge in [0.25, 0.3) is 5.56 Å². The molecule has 0 fully saturated rings. The fourth-order valence-corrected chi connectivity index (χ4v) is 2.34. The summed E-state index contributed by atoms with van der Waals surface area (Å²) >= 11 is 2.73. The summed E-state index contributed by atoms with van der Waals surface area (Å²) < 4.78 is 38.1. The van der Waals surface area contributed by atoms with E-state index in [0.717, 1.165) is 6.07 Å². The lowest BCUT2D eigenvalue weighted by Gasteiger charge is -2.12. The Labute approximate surface area is 113 Å². The zero-order chi connectivity index (χ0) is 14.4. The number of halogens is 4. The molecule has 1 aromatic heterocycles. The van der Waals surface area contributed by atoms with Crippen molar-refractivity contribution in [3.05, 3.63) is 37.8 Å². The van der Waals surface area contributed by atoms with Gasteiger partial charge in [0.15, 0.2) is 0 Å². The summed E-state index contributed by atoms with van der Waals surface area (Å²) in [6, 6.07) is 2.36. The maximum atomic E-state index is 12.8. The lowest BCUT2D eigenvalue weighted by molar-refractivity contribution is -0.138. The van der Waals surface area contributed by atoms with Gasteiger partial charge in [-0.15, -0.1) is 0 Å². The Kier molecular flexibility index (Phi) is 3.10. The normalized spacial score (nSPS) is 11.6. The van der Waals surface area contributed by atoms with E-state index in [1.807, 2.05) is 0 Å². The lowest BCUT2D eigenvalue weighted by atomic mass is 10.1. The number of fused-ring (bicyclic) bond motifs is 1. The molecule has 4 nitrogen and oxygen atoms in total. The second-order valence-corrected chi connectivity index (χ2v) is 4.56. The number of nitriles is 1. The zero-order valence-corrected chi connectivity index (χ0v) is 11.0. The van der Waals surface area contributed by atoms with E-state index in [0.29, 0.717) is 0 Å². The molecule has 0 bridgehead atoms. The number of nitrogens with zero attached hydrogens (tertiary/aromatic N) is 2. The van der Waals surface area contributed by atoms with E-state index in [9.17, 15) is 18.0 Å². The highest BCUT2D eigenvalue weighted by Crippen LogP contribution is 2.38. The van der Waals surface area contributed by atoms with Crippen LogP contribution in [0.15, 0.2) is 15.3 Å². The van der Waals surface area contributed by atoms with Crippen LogP contribution in [0.1, 0.15) is 17.0 Å². The highest BCUT2D eigenvalue weighted by atomic mass is 79.9. The first kappa shape index (κ1) is 13.5. The van der Waals surface area contributed by atoms with Gasteiger partial charge < -0.3 is 4.98 Å². The standard InChI is InChI=1S/C11H5BrF3N3O/c1-4-17-7-2-6(11(13,14)15)9(12)5(3-16)8(7)10(19)18-4/h2H,1H3,(H,17,18,19). The molecule has 0 aliphatic carbocycles. The SMILES string of the molecule is Cc1nc2cc(C(F)(F)F)c(Br)c(C#N)c2c(=O)[nH]1. The van der Waals surface area contributed by atoms with Crippen molar-refractivity contribution in [1.29, 1.82) is 5.26 Å². The first-order valence-corrected chi connectivity index (χ1v) is 5.75. The molecule has 0 radical (unpaired) electrons. The van der Waals surface area contributed by atoms with Crippen LogP contribution in [0.3, 0.4) is 0 Å². The molecule has 2 rings (SSSR count). The topological polar surface area (TPSA) is 69.5 Å². The van der Waals surface area contributed by atoms with E-state index in [1.54, 1.807) is 6.07 Å². The quantitative estimate of drug-likeness (QED) is 0.806. The maximum absolute atomic E-state index is 12.8. The number of nitrogens with one attached hydrogen (secondary N) is 1. The third-order valence-corrected chi connectivity index (χ3v) is 3.29. The predicted molar refractivity (Wildman–Crippen MR) is 64.5 cm³/mol. The third-order valence-electron chi connectivity index (χ3n) is 2.47. The van der Waals surface area contributed by atoms with Gasteiger partial charge >= 0.3 is 6.18 Å². The number of aryl methyl sites for hydroxylation is 1. The average Bonchev–Trinajstić information content (AvgIpc) is 2.27. The summed E-state index contributed by atoms with van der Waals surface area (Å²) in [7, 11) is 0. The molecule has 1 aromatic carbocycles. The molecule has 0 amide bonds. The van der Waals surface area contributed by atoms with Crippen molar-refractivity contribution in [3.63, 3.8) is 0 Å². The van der Waals surface area contributed by atoms with Crippen molar-refractivity contribution >= 4 is 26.8 Å². The van der Waals surface area contributed by atoms with Gasteiger partial charge in [0.2, 0.25) is 0 Å². The molecule has 8 heteroatoms. The number of hydrogen-bond donors (Lipinski definition) is 1. The molecule has 98 valence electrons.